The van der Waals surface area contributed by atoms with Gasteiger partial charge in [-0.15, -0.1) is 11.3 Å². The van der Waals surface area contributed by atoms with Crippen LogP contribution in [-0.4, -0.2) is 21.5 Å². The number of hydrogen-bond donors (Lipinski definition) is 1. The van der Waals surface area contributed by atoms with Crippen LogP contribution >= 0.6 is 11.3 Å². The molecule has 2 aromatic heterocycles. The zero-order valence-corrected chi connectivity index (χ0v) is 11.8. The van der Waals surface area contributed by atoms with Crippen molar-refractivity contribution in [1.82, 2.24) is 20.3 Å². The number of rotatable bonds is 5. The van der Waals surface area contributed by atoms with Crippen LogP contribution in [0.1, 0.15) is 35.1 Å². The minimum absolute atomic E-state index is 0.222. The molecule has 0 spiro atoms. The van der Waals surface area contributed by atoms with Crippen molar-refractivity contribution in [2.45, 2.75) is 33.2 Å². The van der Waals surface area contributed by atoms with E-state index in [9.17, 15) is 0 Å². The summed E-state index contributed by atoms with van der Waals surface area (Å²) >= 11 is 1.72. The maximum atomic E-state index is 4.45. The van der Waals surface area contributed by atoms with Gasteiger partial charge in [0.2, 0.25) is 0 Å². The first-order valence-corrected chi connectivity index (χ1v) is 6.96. The van der Waals surface area contributed by atoms with Crippen molar-refractivity contribution in [1.29, 1.82) is 0 Å². The van der Waals surface area contributed by atoms with E-state index in [0.717, 1.165) is 30.0 Å². The molecule has 96 valence electrons. The molecule has 0 bridgehead atoms. The fraction of sp³-hybridized carbons (Fsp3) is 0.462. The average Bonchev–Trinajstić information content (AvgIpc) is 2.75. The number of aromatic nitrogens is 3. The molecule has 2 rings (SSSR count). The summed E-state index contributed by atoms with van der Waals surface area (Å²) in [6, 6.07) is 0.222. The third kappa shape index (κ3) is 3.34. The number of hydrogen-bond acceptors (Lipinski definition) is 5. The quantitative estimate of drug-likeness (QED) is 0.899. The molecule has 18 heavy (non-hydrogen) atoms. The van der Waals surface area contributed by atoms with E-state index in [-0.39, 0.29) is 6.04 Å². The second-order valence-electron chi connectivity index (χ2n) is 4.34. The monoisotopic (exact) mass is 262 g/mol. The first-order chi connectivity index (χ1) is 8.66. The van der Waals surface area contributed by atoms with Crippen LogP contribution in [0.4, 0.5) is 0 Å². The summed E-state index contributed by atoms with van der Waals surface area (Å²) < 4.78 is 0. The van der Waals surface area contributed by atoms with Crippen LogP contribution in [0.5, 0.6) is 0 Å². The van der Waals surface area contributed by atoms with Crippen LogP contribution in [-0.2, 0) is 6.42 Å². The van der Waals surface area contributed by atoms with Crippen LogP contribution in [0.25, 0.3) is 0 Å². The predicted molar refractivity (Wildman–Crippen MR) is 73.7 cm³/mol. The number of nitrogens with zero attached hydrogens (tertiary/aromatic N) is 3. The molecule has 1 N–H and O–H groups in total. The molecule has 0 aromatic carbocycles. The molecule has 1 atom stereocenters. The molecule has 4 nitrogen and oxygen atoms in total. The van der Waals surface area contributed by atoms with Crippen LogP contribution in [0, 0.1) is 13.8 Å². The highest BCUT2D eigenvalue weighted by Crippen LogP contribution is 2.12. The van der Waals surface area contributed by atoms with Gasteiger partial charge < -0.3 is 5.32 Å². The molecule has 0 saturated heterocycles. The lowest BCUT2D eigenvalue weighted by Gasteiger charge is -2.14. The van der Waals surface area contributed by atoms with Gasteiger partial charge in [0, 0.05) is 42.5 Å². The minimum Gasteiger partial charge on any atom is -0.308 e. The molecule has 0 aliphatic carbocycles. The molecule has 0 radical (unpaired) electrons. The summed E-state index contributed by atoms with van der Waals surface area (Å²) in [5, 5.41) is 6.73. The number of nitrogens with one attached hydrogen (secondary N) is 1. The third-order valence-corrected chi connectivity index (χ3v) is 3.81. The van der Waals surface area contributed by atoms with E-state index in [4.69, 9.17) is 0 Å². The molecule has 0 amide bonds. The summed E-state index contributed by atoms with van der Waals surface area (Å²) in [7, 11) is 0. The third-order valence-electron chi connectivity index (χ3n) is 2.79. The molecular weight excluding hydrogens is 244 g/mol. The van der Waals surface area contributed by atoms with Crippen molar-refractivity contribution < 1.29 is 0 Å². The van der Waals surface area contributed by atoms with Crippen molar-refractivity contribution >= 4 is 11.3 Å². The summed E-state index contributed by atoms with van der Waals surface area (Å²) in [6.45, 7) is 7.04. The van der Waals surface area contributed by atoms with Crippen molar-refractivity contribution in [3.63, 3.8) is 0 Å². The van der Waals surface area contributed by atoms with Crippen LogP contribution < -0.4 is 5.32 Å². The van der Waals surface area contributed by atoms with Crippen LogP contribution in [0.15, 0.2) is 17.8 Å². The first-order valence-electron chi connectivity index (χ1n) is 6.08. The van der Waals surface area contributed by atoms with E-state index in [1.54, 1.807) is 23.7 Å². The summed E-state index contributed by atoms with van der Waals surface area (Å²) in [5.41, 5.74) is 3.11. The standard InChI is InChI=1S/C13H18N4S/c1-9-8-18-12(17-9)4-5-14-10(2)13-11(3)15-6-7-16-13/h6-8,10,14H,4-5H2,1-3H3. The predicted octanol–water partition coefficient (Wildman–Crippen LogP) is 2.44. The Hall–Kier alpha value is -1.33. The van der Waals surface area contributed by atoms with Crippen LogP contribution in [0.2, 0.25) is 0 Å². The van der Waals surface area contributed by atoms with E-state index < -0.39 is 0 Å². The highest BCUT2D eigenvalue weighted by Gasteiger charge is 2.09. The highest BCUT2D eigenvalue weighted by atomic mass is 32.1. The van der Waals surface area contributed by atoms with Crippen LogP contribution in [0.3, 0.4) is 0 Å². The Kier molecular flexibility index (Phi) is 4.38. The van der Waals surface area contributed by atoms with E-state index >= 15 is 0 Å². The second kappa shape index (κ2) is 6.02. The zero-order chi connectivity index (χ0) is 13.0. The molecule has 1 unspecified atom stereocenters. The second-order valence-corrected chi connectivity index (χ2v) is 5.28. The lowest BCUT2D eigenvalue weighted by molar-refractivity contribution is 0.557. The largest absolute Gasteiger partial charge is 0.308 e. The molecule has 2 aromatic rings. The maximum absolute atomic E-state index is 4.45. The Balaban J connectivity index is 1.85. The minimum atomic E-state index is 0.222. The van der Waals surface area contributed by atoms with Gasteiger partial charge in [0.1, 0.15) is 0 Å². The van der Waals surface area contributed by atoms with Gasteiger partial charge in [-0.05, 0) is 20.8 Å². The fourth-order valence-corrected chi connectivity index (χ4v) is 2.63. The Morgan fingerprint density at radius 3 is 2.72 bits per heavy atom. The van der Waals surface area contributed by atoms with Gasteiger partial charge in [-0.2, -0.15) is 0 Å². The maximum Gasteiger partial charge on any atom is 0.0940 e. The summed E-state index contributed by atoms with van der Waals surface area (Å²) in [4.78, 5) is 13.1. The Morgan fingerprint density at radius 1 is 1.28 bits per heavy atom. The molecule has 0 fully saturated rings. The molecular formula is C13H18N4S. The Bertz CT molecular complexity index is 509. The van der Waals surface area contributed by atoms with E-state index in [0.29, 0.717) is 0 Å². The fourth-order valence-electron chi connectivity index (χ4n) is 1.85. The SMILES string of the molecule is Cc1csc(CCNC(C)c2nccnc2C)n1. The van der Waals surface area contributed by atoms with Crippen molar-refractivity contribution in [2.24, 2.45) is 0 Å². The first kappa shape index (κ1) is 13.1. The van der Waals surface area contributed by atoms with Crippen molar-refractivity contribution in [3.8, 4) is 0 Å². The molecule has 0 saturated carbocycles. The molecule has 5 heteroatoms. The lowest BCUT2D eigenvalue weighted by Crippen LogP contribution is -2.23. The topological polar surface area (TPSA) is 50.7 Å². The van der Waals surface area contributed by atoms with Gasteiger partial charge in [-0.3, -0.25) is 9.97 Å². The summed E-state index contributed by atoms with van der Waals surface area (Å²) in [5.74, 6) is 0. The van der Waals surface area contributed by atoms with E-state index in [1.807, 2.05) is 13.8 Å². The Labute approximate surface area is 112 Å². The molecule has 2 heterocycles. The van der Waals surface area contributed by atoms with Gasteiger partial charge >= 0.3 is 0 Å². The zero-order valence-electron chi connectivity index (χ0n) is 11.0. The summed E-state index contributed by atoms with van der Waals surface area (Å²) in [6.07, 6.45) is 4.43. The van der Waals surface area contributed by atoms with Gasteiger partial charge in [0.05, 0.1) is 16.4 Å². The normalized spacial score (nSPS) is 12.6. The average molecular weight is 262 g/mol. The van der Waals surface area contributed by atoms with E-state index in [1.165, 1.54) is 5.01 Å². The number of aryl methyl sites for hydroxylation is 2. The van der Waals surface area contributed by atoms with Gasteiger partial charge in [0.25, 0.3) is 0 Å². The Morgan fingerprint density at radius 2 is 2.06 bits per heavy atom. The smallest absolute Gasteiger partial charge is 0.0940 e. The molecule has 0 aliphatic heterocycles. The molecule has 0 aliphatic rings. The van der Waals surface area contributed by atoms with Crippen molar-refractivity contribution in [3.05, 3.63) is 39.9 Å². The highest BCUT2D eigenvalue weighted by molar-refractivity contribution is 7.09. The number of thiazole rings is 1. The van der Waals surface area contributed by atoms with Gasteiger partial charge in [0.15, 0.2) is 0 Å². The van der Waals surface area contributed by atoms with E-state index in [2.05, 4.69) is 32.6 Å². The lowest BCUT2D eigenvalue weighted by atomic mass is 10.2. The van der Waals surface area contributed by atoms with Crippen molar-refractivity contribution in [2.75, 3.05) is 6.54 Å². The van der Waals surface area contributed by atoms with Gasteiger partial charge in [-0.1, -0.05) is 0 Å². The van der Waals surface area contributed by atoms with Gasteiger partial charge in [-0.25, -0.2) is 4.98 Å².